The minimum atomic E-state index is -1.03. The van der Waals surface area contributed by atoms with Crippen LogP contribution in [0, 0.1) is 6.42 Å². The van der Waals surface area contributed by atoms with Gasteiger partial charge in [0.25, 0.3) is 0 Å². The van der Waals surface area contributed by atoms with E-state index in [2.05, 4.69) is 33.5 Å². The fourth-order valence-electron chi connectivity index (χ4n) is 3.03. The number of fused-ring (bicyclic) bond motifs is 1. The molecule has 1 fully saturated rings. The van der Waals surface area contributed by atoms with E-state index in [0.717, 1.165) is 18.8 Å². The third-order valence-corrected chi connectivity index (χ3v) is 4.14. The number of imidazole rings is 1. The predicted molar refractivity (Wildman–Crippen MR) is 85.4 cm³/mol. The molecule has 7 heteroatoms. The molecule has 1 saturated heterocycles. The van der Waals surface area contributed by atoms with Gasteiger partial charge in [0, 0.05) is 26.5 Å². The quantitative estimate of drug-likeness (QED) is 0.568. The molecule has 3 aromatic rings. The van der Waals surface area contributed by atoms with E-state index in [9.17, 15) is 9.90 Å². The van der Waals surface area contributed by atoms with Crippen molar-refractivity contribution in [2.45, 2.75) is 12.5 Å². The molecule has 3 heterocycles. The van der Waals surface area contributed by atoms with Crippen molar-refractivity contribution in [2.75, 3.05) is 11.4 Å². The fraction of sp³-hybridized carbons (Fsp3) is 0.176. The summed E-state index contributed by atoms with van der Waals surface area (Å²) in [5.41, 5.74) is 1.83. The van der Waals surface area contributed by atoms with Crippen molar-refractivity contribution in [1.29, 1.82) is 0 Å². The molecule has 0 bridgehead atoms. The summed E-state index contributed by atoms with van der Waals surface area (Å²) in [6, 6.07) is 14.2. The van der Waals surface area contributed by atoms with E-state index in [-0.39, 0.29) is 32.2 Å². The Kier molecular flexibility index (Phi) is 4.65. The van der Waals surface area contributed by atoms with E-state index in [4.69, 9.17) is 0 Å². The third kappa shape index (κ3) is 2.81. The maximum Gasteiger partial charge on any atom is 0.356 e. The molecule has 2 aromatic heterocycles. The van der Waals surface area contributed by atoms with Crippen LogP contribution in [-0.2, 0) is 20.4 Å². The Hall–Kier alpha value is -2.23. The van der Waals surface area contributed by atoms with Gasteiger partial charge in [0.15, 0.2) is 11.3 Å². The Bertz CT molecular complexity index is 865. The molecule has 0 saturated carbocycles. The SMILES string of the molecule is O=C(O)c1cnc2ccc(N3C[CH-]CC3c3ccccc3)nn12.[Re]. The Labute approximate surface area is 152 Å². The van der Waals surface area contributed by atoms with Crippen molar-refractivity contribution in [3.63, 3.8) is 0 Å². The molecular formula is C17H15N4O2Re-. The number of rotatable bonds is 3. The molecule has 0 aliphatic carbocycles. The van der Waals surface area contributed by atoms with Crippen molar-refractivity contribution in [3.8, 4) is 0 Å². The largest absolute Gasteiger partial charge is 0.476 e. The molecule has 1 N–H and O–H groups in total. The van der Waals surface area contributed by atoms with E-state index in [1.807, 2.05) is 24.3 Å². The molecule has 0 amide bonds. The fourth-order valence-corrected chi connectivity index (χ4v) is 3.03. The molecule has 1 aromatic carbocycles. The molecule has 24 heavy (non-hydrogen) atoms. The summed E-state index contributed by atoms with van der Waals surface area (Å²) in [4.78, 5) is 17.5. The van der Waals surface area contributed by atoms with Crippen LogP contribution in [0.25, 0.3) is 5.65 Å². The van der Waals surface area contributed by atoms with Crippen LogP contribution in [0.15, 0.2) is 48.7 Å². The molecule has 1 aliphatic heterocycles. The van der Waals surface area contributed by atoms with Gasteiger partial charge in [0.1, 0.15) is 5.82 Å². The summed E-state index contributed by atoms with van der Waals surface area (Å²) in [7, 11) is 0. The summed E-state index contributed by atoms with van der Waals surface area (Å²) in [6.45, 7) is 0.787. The first-order chi connectivity index (χ1) is 11.2. The van der Waals surface area contributed by atoms with E-state index in [1.54, 1.807) is 6.07 Å². The number of hydrogen-bond acceptors (Lipinski definition) is 4. The van der Waals surface area contributed by atoms with Crippen molar-refractivity contribution in [1.82, 2.24) is 14.6 Å². The van der Waals surface area contributed by atoms with Crippen LogP contribution in [0.5, 0.6) is 0 Å². The molecule has 1 radical (unpaired) electrons. The van der Waals surface area contributed by atoms with E-state index < -0.39 is 5.97 Å². The number of benzene rings is 1. The van der Waals surface area contributed by atoms with Gasteiger partial charge in [0.2, 0.25) is 0 Å². The molecule has 1 unspecified atom stereocenters. The summed E-state index contributed by atoms with van der Waals surface area (Å²) in [6.07, 6.45) is 4.49. The van der Waals surface area contributed by atoms with Gasteiger partial charge in [-0.05, 0) is 17.7 Å². The second-order valence-electron chi connectivity index (χ2n) is 5.51. The Balaban J connectivity index is 0.00000169. The smallest absolute Gasteiger partial charge is 0.356 e. The van der Waals surface area contributed by atoms with Crippen molar-refractivity contribution in [3.05, 3.63) is 66.3 Å². The Morgan fingerprint density at radius 2 is 2.00 bits per heavy atom. The van der Waals surface area contributed by atoms with Crippen LogP contribution in [0.4, 0.5) is 5.82 Å². The molecule has 1 atom stereocenters. The zero-order valence-electron chi connectivity index (χ0n) is 12.7. The molecular weight excluding hydrogens is 478 g/mol. The molecule has 4 rings (SSSR count). The van der Waals surface area contributed by atoms with Crippen LogP contribution >= 0.6 is 0 Å². The Morgan fingerprint density at radius 1 is 1.21 bits per heavy atom. The average molecular weight is 494 g/mol. The summed E-state index contributed by atoms with van der Waals surface area (Å²) < 4.78 is 1.39. The second-order valence-corrected chi connectivity index (χ2v) is 5.51. The summed E-state index contributed by atoms with van der Waals surface area (Å²) >= 11 is 0. The van der Waals surface area contributed by atoms with Gasteiger partial charge >= 0.3 is 5.97 Å². The normalized spacial score (nSPS) is 17.0. The average Bonchev–Trinajstić information content (AvgIpc) is 3.22. The number of nitrogens with zero attached hydrogens (tertiary/aromatic N) is 4. The number of aromatic nitrogens is 3. The number of carboxylic acid groups (broad SMARTS) is 1. The standard InChI is InChI=1S/C17H15N4O2.Re/c22-17(23)14-11-18-15-8-9-16(19-21(14)15)20-10-4-7-13(20)12-5-2-1-3-6-12;/h1-6,8-9,11,13H,7,10H2,(H,22,23);/q-1;. The third-order valence-electron chi connectivity index (χ3n) is 4.14. The summed E-state index contributed by atoms with van der Waals surface area (Å²) in [5, 5.41) is 13.7. The van der Waals surface area contributed by atoms with Gasteiger partial charge in [-0.2, -0.15) is 6.42 Å². The first-order valence-corrected chi connectivity index (χ1v) is 7.45. The maximum atomic E-state index is 11.3. The maximum absolute atomic E-state index is 11.3. The predicted octanol–water partition coefficient (Wildman–Crippen LogP) is 2.58. The zero-order valence-corrected chi connectivity index (χ0v) is 15.4. The van der Waals surface area contributed by atoms with E-state index in [0.29, 0.717) is 5.65 Å². The number of anilines is 1. The van der Waals surface area contributed by atoms with Gasteiger partial charge in [-0.25, -0.2) is 14.3 Å². The van der Waals surface area contributed by atoms with Gasteiger partial charge < -0.3 is 16.4 Å². The summed E-state index contributed by atoms with van der Waals surface area (Å²) in [5.74, 6) is -0.282. The van der Waals surface area contributed by atoms with Gasteiger partial charge in [-0.15, -0.1) is 11.6 Å². The molecule has 0 spiro atoms. The zero-order chi connectivity index (χ0) is 15.8. The molecule has 1 aliphatic rings. The molecule has 123 valence electrons. The first-order valence-electron chi connectivity index (χ1n) is 7.45. The second kappa shape index (κ2) is 6.72. The van der Waals surface area contributed by atoms with Gasteiger partial charge in [0.05, 0.1) is 6.20 Å². The minimum Gasteiger partial charge on any atom is -0.476 e. The minimum absolute atomic E-state index is 0. The van der Waals surface area contributed by atoms with Crippen molar-refractivity contribution >= 4 is 17.4 Å². The number of carboxylic acids is 1. The molecule has 6 nitrogen and oxygen atoms in total. The number of aromatic carboxylic acids is 1. The van der Waals surface area contributed by atoms with Crippen LogP contribution in [0.2, 0.25) is 0 Å². The van der Waals surface area contributed by atoms with Crippen LogP contribution in [0.1, 0.15) is 28.5 Å². The van der Waals surface area contributed by atoms with E-state index in [1.165, 1.54) is 16.3 Å². The van der Waals surface area contributed by atoms with Crippen LogP contribution in [0.3, 0.4) is 0 Å². The van der Waals surface area contributed by atoms with Gasteiger partial charge in [-0.1, -0.05) is 30.3 Å². The number of carbonyl (C=O) groups is 1. The number of hydrogen-bond donors (Lipinski definition) is 1. The van der Waals surface area contributed by atoms with Crippen LogP contribution in [-0.4, -0.2) is 32.2 Å². The Morgan fingerprint density at radius 3 is 2.75 bits per heavy atom. The van der Waals surface area contributed by atoms with Crippen molar-refractivity contribution in [2.24, 2.45) is 0 Å². The van der Waals surface area contributed by atoms with Crippen molar-refractivity contribution < 1.29 is 30.3 Å². The first kappa shape index (κ1) is 16.6. The topological polar surface area (TPSA) is 70.7 Å². The van der Waals surface area contributed by atoms with Crippen LogP contribution < -0.4 is 4.90 Å². The van der Waals surface area contributed by atoms with Gasteiger partial charge in [-0.3, -0.25) is 0 Å². The van der Waals surface area contributed by atoms with E-state index >= 15 is 0 Å². The monoisotopic (exact) mass is 494 g/mol.